The van der Waals surface area contributed by atoms with Gasteiger partial charge in [0.05, 0.1) is 40.8 Å². The van der Waals surface area contributed by atoms with E-state index < -0.39 is 29.4 Å². The van der Waals surface area contributed by atoms with Crippen molar-refractivity contribution in [2.24, 2.45) is 0 Å². The van der Waals surface area contributed by atoms with Crippen molar-refractivity contribution in [1.82, 2.24) is 15.2 Å². The van der Waals surface area contributed by atoms with E-state index in [1.807, 2.05) is 11.0 Å². The van der Waals surface area contributed by atoms with Crippen molar-refractivity contribution in [3.63, 3.8) is 0 Å². The number of fused-ring (bicyclic) bond motifs is 1. The van der Waals surface area contributed by atoms with Gasteiger partial charge >= 0.3 is 5.92 Å². The predicted molar refractivity (Wildman–Crippen MR) is 114 cm³/mol. The summed E-state index contributed by atoms with van der Waals surface area (Å²) in [5.41, 5.74) is 1.16. The molecule has 1 aromatic carbocycles. The third kappa shape index (κ3) is 3.84. The highest BCUT2D eigenvalue weighted by Gasteiger charge is 2.40. The summed E-state index contributed by atoms with van der Waals surface area (Å²) in [7, 11) is 0. The fourth-order valence-corrected chi connectivity index (χ4v) is 3.74. The zero-order valence-electron chi connectivity index (χ0n) is 17.9. The van der Waals surface area contributed by atoms with E-state index in [0.29, 0.717) is 35.5 Å². The minimum absolute atomic E-state index is 0.00771. The molecule has 3 aromatic rings. The second kappa shape index (κ2) is 8.18. The van der Waals surface area contributed by atoms with Gasteiger partial charge in [-0.15, -0.1) is 5.10 Å². The molecule has 7 nitrogen and oxygen atoms in total. The SMILES string of the molecule is Cc1nnc(N[C@H](C)c2cccc(C(F)(F)C(C)O)c2F)c2cc(N3CC(O)C3)cnc12. The number of hydrogen-bond donors (Lipinski definition) is 3. The van der Waals surface area contributed by atoms with Crippen LogP contribution < -0.4 is 10.2 Å². The van der Waals surface area contributed by atoms with E-state index in [0.717, 1.165) is 18.7 Å². The van der Waals surface area contributed by atoms with Crippen LogP contribution in [-0.4, -0.2) is 50.7 Å². The van der Waals surface area contributed by atoms with Gasteiger partial charge < -0.3 is 20.4 Å². The molecule has 170 valence electrons. The molecule has 3 heterocycles. The lowest BCUT2D eigenvalue weighted by Crippen LogP contribution is -2.50. The van der Waals surface area contributed by atoms with E-state index in [4.69, 9.17) is 0 Å². The molecule has 0 spiro atoms. The third-order valence-corrected chi connectivity index (χ3v) is 5.73. The second-order valence-corrected chi connectivity index (χ2v) is 8.16. The number of nitrogens with one attached hydrogen (secondary N) is 1. The maximum atomic E-state index is 15.0. The third-order valence-electron chi connectivity index (χ3n) is 5.73. The van der Waals surface area contributed by atoms with Crippen molar-refractivity contribution in [3.05, 3.63) is 53.1 Å². The van der Waals surface area contributed by atoms with Gasteiger partial charge in [-0.1, -0.05) is 12.1 Å². The van der Waals surface area contributed by atoms with Crippen molar-refractivity contribution < 1.29 is 23.4 Å². The number of hydrogen-bond acceptors (Lipinski definition) is 7. The lowest BCUT2D eigenvalue weighted by Gasteiger charge is -2.37. The molecule has 1 saturated heterocycles. The molecule has 1 aliphatic heterocycles. The number of β-amino-alcohol motifs (C(OH)–C–C–N with tert-alkyl or cyclic N) is 1. The summed E-state index contributed by atoms with van der Waals surface area (Å²) in [5.74, 6) is -4.48. The number of aliphatic hydroxyl groups is 2. The van der Waals surface area contributed by atoms with E-state index in [-0.39, 0.29) is 11.7 Å². The highest BCUT2D eigenvalue weighted by Crippen LogP contribution is 2.37. The number of aliphatic hydroxyl groups excluding tert-OH is 2. The molecule has 2 aromatic heterocycles. The molecule has 4 rings (SSSR count). The smallest absolute Gasteiger partial charge is 0.301 e. The zero-order chi connectivity index (χ0) is 23.2. The van der Waals surface area contributed by atoms with Crippen LogP contribution in [0.1, 0.15) is 36.7 Å². The van der Waals surface area contributed by atoms with Crippen LogP contribution in [0.2, 0.25) is 0 Å². The largest absolute Gasteiger partial charge is 0.389 e. The number of aryl methyl sites for hydroxylation is 1. The van der Waals surface area contributed by atoms with Gasteiger partial charge in [-0.2, -0.15) is 13.9 Å². The Morgan fingerprint density at radius 3 is 2.59 bits per heavy atom. The highest BCUT2D eigenvalue weighted by molar-refractivity contribution is 5.92. The lowest BCUT2D eigenvalue weighted by molar-refractivity contribution is -0.108. The fourth-order valence-electron chi connectivity index (χ4n) is 3.74. The van der Waals surface area contributed by atoms with Gasteiger partial charge in [0.15, 0.2) is 5.82 Å². The van der Waals surface area contributed by atoms with Crippen LogP contribution in [0.15, 0.2) is 30.5 Å². The normalized spacial score (nSPS) is 16.7. The quantitative estimate of drug-likeness (QED) is 0.534. The van der Waals surface area contributed by atoms with E-state index in [9.17, 15) is 19.0 Å². The molecule has 32 heavy (non-hydrogen) atoms. The Morgan fingerprint density at radius 1 is 1.22 bits per heavy atom. The summed E-state index contributed by atoms with van der Waals surface area (Å²) in [6.45, 7) is 5.31. The Labute approximate surface area is 182 Å². The molecule has 2 atom stereocenters. The molecular weight excluding hydrogens is 423 g/mol. The first-order valence-corrected chi connectivity index (χ1v) is 10.3. The Balaban J connectivity index is 1.69. The van der Waals surface area contributed by atoms with Gasteiger partial charge in [-0.3, -0.25) is 4.98 Å². The van der Waals surface area contributed by atoms with Gasteiger partial charge in [-0.05, 0) is 32.9 Å². The average Bonchev–Trinajstić information content (AvgIpc) is 2.73. The summed E-state index contributed by atoms with van der Waals surface area (Å²) in [5, 5.41) is 31.0. The molecule has 1 fully saturated rings. The van der Waals surface area contributed by atoms with Crippen LogP contribution in [0.25, 0.3) is 10.9 Å². The molecule has 0 amide bonds. The van der Waals surface area contributed by atoms with E-state index in [1.165, 1.54) is 12.1 Å². The Kier molecular flexibility index (Phi) is 5.68. The highest BCUT2D eigenvalue weighted by atomic mass is 19.3. The molecule has 0 aliphatic carbocycles. The van der Waals surface area contributed by atoms with Crippen LogP contribution in [0.5, 0.6) is 0 Å². The molecule has 1 aliphatic rings. The minimum Gasteiger partial charge on any atom is -0.389 e. The van der Waals surface area contributed by atoms with E-state index in [1.54, 1.807) is 20.0 Å². The maximum absolute atomic E-state index is 15.0. The van der Waals surface area contributed by atoms with Crippen LogP contribution in [0.3, 0.4) is 0 Å². The average molecular weight is 447 g/mol. The molecule has 10 heteroatoms. The van der Waals surface area contributed by atoms with Gasteiger partial charge in [0.1, 0.15) is 11.9 Å². The van der Waals surface area contributed by atoms with Crippen molar-refractivity contribution >= 4 is 22.4 Å². The predicted octanol–water partition coefficient (Wildman–Crippen LogP) is 3.30. The van der Waals surface area contributed by atoms with Crippen molar-refractivity contribution in [2.75, 3.05) is 23.3 Å². The Bertz CT molecular complexity index is 1150. The Morgan fingerprint density at radius 2 is 1.94 bits per heavy atom. The van der Waals surface area contributed by atoms with Gasteiger partial charge in [0.25, 0.3) is 0 Å². The number of rotatable bonds is 6. The summed E-state index contributed by atoms with van der Waals surface area (Å²) in [6, 6.07) is 4.84. The van der Waals surface area contributed by atoms with Crippen LogP contribution in [0.4, 0.5) is 24.7 Å². The first-order chi connectivity index (χ1) is 15.1. The zero-order valence-corrected chi connectivity index (χ0v) is 17.9. The van der Waals surface area contributed by atoms with Crippen LogP contribution in [0, 0.1) is 12.7 Å². The van der Waals surface area contributed by atoms with Gasteiger partial charge in [0, 0.05) is 24.0 Å². The van der Waals surface area contributed by atoms with Crippen molar-refractivity contribution in [1.29, 1.82) is 0 Å². The summed E-state index contributed by atoms with van der Waals surface area (Å²) >= 11 is 0. The first-order valence-electron chi connectivity index (χ1n) is 10.3. The minimum atomic E-state index is -3.73. The molecule has 0 radical (unpaired) electrons. The summed E-state index contributed by atoms with van der Waals surface area (Å²) in [6.07, 6.45) is -0.722. The number of anilines is 2. The van der Waals surface area contributed by atoms with E-state index >= 15 is 4.39 Å². The standard InChI is InChI=1S/C22H24F3N5O2/c1-11(16-5-4-6-18(19(16)23)22(24,25)13(3)31)27-21-17-7-14(30-9-15(32)10-30)8-26-20(17)12(2)28-29-21/h4-8,11,13,15,31-32H,9-10H2,1-3H3,(H,27,29)/t11-,13?/m1/s1. The Hall–Kier alpha value is -2.98. The molecule has 0 saturated carbocycles. The van der Waals surface area contributed by atoms with Gasteiger partial charge in [0.2, 0.25) is 0 Å². The summed E-state index contributed by atoms with van der Waals surface area (Å²) < 4.78 is 43.6. The fraction of sp³-hybridized carbons (Fsp3) is 0.409. The number of nitrogens with zero attached hydrogens (tertiary/aromatic N) is 4. The number of halogens is 3. The maximum Gasteiger partial charge on any atom is 0.301 e. The number of pyridine rings is 1. The molecule has 1 unspecified atom stereocenters. The van der Waals surface area contributed by atoms with Crippen molar-refractivity contribution in [3.8, 4) is 0 Å². The van der Waals surface area contributed by atoms with Crippen LogP contribution >= 0.6 is 0 Å². The first kappa shape index (κ1) is 22.2. The number of aromatic nitrogens is 3. The molecular formula is C22H24F3N5O2. The van der Waals surface area contributed by atoms with Crippen LogP contribution in [-0.2, 0) is 5.92 Å². The number of alkyl halides is 2. The second-order valence-electron chi connectivity index (χ2n) is 8.16. The molecule has 3 N–H and O–H groups in total. The van der Waals surface area contributed by atoms with E-state index in [2.05, 4.69) is 20.5 Å². The van der Waals surface area contributed by atoms with Crippen molar-refractivity contribution in [2.45, 2.75) is 44.9 Å². The topological polar surface area (TPSA) is 94.4 Å². The van der Waals surface area contributed by atoms with Gasteiger partial charge in [-0.25, -0.2) is 4.39 Å². The molecule has 0 bridgehead atoms. The number of benzene rings is 1. The summed E-state index contributed by atoms with van der Waals surface area (Å²) in [4.78, 5) is 6.43. The monoisotopic (exact) mass is 447 g/mol. The lowest BCUT2D eigenvalue weighted by atomic mass is 9.97.